The summed E-state index contributed by atoms with van der Waals surface area (Å²) >= 11 is 0. The summed E-state index contributed by atoms with van der Waals surface area (Å²) in [7, 11) is 1.50. The molecule has 2 saturated carbocycles. The van der Waals surface area contributed by atoms with E-state index in [1.165, 1.54) is 12.7 Å². The van der Waals surface area contributed by atoms with Gasteiger partial charge in [0.2, 0.25) is 5.78 Å². The van der Waals surface area contributed by atoms with Gasteiger partial charge in [-0.3, -0.25) is 9.59 Å². The molecule has 0 amide bonds. The SMILES string of the molecule is COC(=O)[C@]1(C)CC[C@]2(C)C=C[C@]3(C)C4=CC=C5C(=CC(=O)C(O)=C5C)[C@]4(C)CC[C@@]3(C)[C@@H]2C1. The predicted molar refractivity (Wildman–Crippen MR) is 133 cm³/mol. The Hall–Kier alpha value is -2.36. The van der Waals surface area contributed by atoms with Crippen LogP contribution < -0.4 is 0 Å². The van der Waals surface area contributed by atoms with E-state index in [2.05, 4.69) is 58.9 Å². The lowest BCUT2D eigenvalue weighted by Gasteiger charge is -2.67. The molecule has 0 heterocycles. The number of carbonyl (C=O) groups excluding carboxylic acids is 2. The van der Waals surface area contributed by atoms with Gasteiger partial charge in [-0.2, -0.15) is 0 Å². The average molecular weight is 463 g/mol. The van der Waals surface area contributed by atoms with Gasteiger partial charge < -0.3 is 9.84 Å². The van der Waals surface area contributed by atoms with E-state index < -0.39 is 5.41 Å². The van der Waals surface area contributed by atoms with Gasteiger partial charge in [0.05, 0.1) is 12.5 Å². The lowest BCUT2D eigenvalue weighted by molar-refractivity contribution is -0.163. The largest absolute Gasteiger partial charge is 0.504 e. The molecule has 6 atom stereocenters. The second-order valence-corrected chi connectivity index (χ2v) is 12.7. The van der Waals surface area contributed by atoms with Crippen molar-refractivity contribution in [3.63, 3.8) is 0 Å². The Labute approximate surface area is 203 Å². The summed E-state index contributed by atoms with van der Waals surface area (Å²) in [4.78, 5) is 25.4. The number of aliphatic hydroxyl groups excluding tert-OH is 1. The molecule has 182 valence electrons. The zero-order chi connectivity index (χ0) is 24.9. The Morgan fingerprint density at radius 2 is 1.74 bits per heavy atom. The fraction of sp³-hybridized carbons (Fsp3) is 0.600. The van der Waals surface area contributed by atoms with Gasteiger partial charge >= 0.3 is 5.97 Å². The first-order valence-corrected chi connectivity index (χ1v) is 12.6. The van der Waals surface area contributed by atoms with Crippen molar-refractivity contribution in [3.8, 4) is 0 Å². The third kappa shape index (κ3) is 2.66. The van der Waals surface area contributed by atoms with Crippen LogP contribution in [-0.2, 0) is 14.3 Å². The molecule has 5 rings (SSSR count). The predicted octanol–water partition coefficient (Wildman–Crippen LogP) is 6.56. The number of hydrogen-bond donors (Lipinski definition) is 1. The summed E-state index contributed by atoms with van der Waals surface area (Å²) in [5, 5.41) is 10.3. The first-order chi connectivity index (χ1) is 15.8. The lowest BCUT2D eigenvalue weighted by atomic mass is 9.36. The minimum atomic E-state index is -0.458. The van der Waals surface area contributed by atoms with Crippen LogP contribution in [0.2, 0.25) is 0 Å². The number of ketones is 1. The second kappa shape index (κ2) is 6.86. The van der Waals surface area contributed by atoms with Crippen molar-refractivity contribution in [1.29, 1.82) is 0 Å². The molecule has 5 aliphatic rings. The number of rotatable bonds is 1. The molecule has 0 radical (unpaired) electrons. The Balaban J connectivity index is 1.66. The molecule has 5 aliphatic carbocycles. The summed E-state index contributed by atoms with van der Waals surface area (Å²) in [5.74, 6) is -0.179. The number of hydrogen-bond acceptors (Lipinski definition) is 4. The lowest BCUT2D eigenvalue weighted by Crippen LogP contribution is -2.60. The van der Waals surface area contributed by atoms with Crippen LogP contribution in [0.4, 0.5) is 0 Å². The van der Waals surface area contributed by atoms with E-state index in [-0.39, 0.29) is 39.2 Å². The Bertz CT molecular complexity index is 1160. The van der Waals surface area contributed by atoms with Gasteiger partial charge in [-0.05, 0) is 85.5 Å². The molecule has 0 aromatic carbocycles. The van der Waals surface area contributed by atoms with Crippen LogP contribution in [0, 0.1) is 33.0 Å². The molecule has 4 heteroatoms. The number of methoxy groups -OCH3 is 1. The van der Waals surface area contributed by atoms with Crippen molar-refractivity contribution in [3.05, 3.63) is 58.4 Å². The van der Waals surface area contributed by atoms with E-state index in [0.29, 0.717) is 11.5 Å². The fourth-order valence-corrected chi connectivity index (χ4v) is 8.31. The van der Waals surface area contributed by atoms with E-state index in [9.17, 15) is 14.7 Å². The standard InChI is InChI=1S/C30H38O4/c1-18-19-8-9-22-28(4,20(19)16-21(31)24(18)32)13-15-30(6)23-17-27(3,25(33)34-7)11-10-26(23,2)12-14-29(22,30)5/h8-9,12,14,16,23,32H,10-11,13,15,17H2,1-7H3/t23-,26-,27-,28+,29-,30+/m1/s1. The summed E-state index contributed by atoms with van der Waals surface area (Å²) in [6.07, 6.45) is 15.5. The van der Waals surface area contributed by atoms with Crippen LogP contribution in [0.5, 0.6) is 0 Å². The summed E-state index contributed by atoms with van der Waals surface area (Å²) in [5.41, 5.74) is 3.12. The number of carbonyl (C=O) groups is 2. The van der Waals surface area contributed by atoms with Crippen molar-refractivity contribution in [2.24, 2.45) is 33.0 Å². The Morgan fingerprint density at radius 3 is 2.41 bits per heavy atom. The molecule has 0 aliphatic heterocycles. The maximum absolute atomic E-state index is 12.8. The number of allylic oxidation sites excluding steroid dienone is 9. The van der Waals surface area contributed by atoms with Crippen LogP contribution in [0.25, 0.3) is 0 Å². The maximum Gasteiger partial charge on any atom is 0.311 e. The highest BCUT2D eigenvalue weighted by Gasteiger charge is 2.65. The van der Waals surface area contributed by atoms with Crippen molar-refractivity contribution in [2.75, 3.05) is 7.11 Å². The maximum atomic E-state index is 12.8. The molecular formula is C30H38O4. The van der Waals surface area contributed by atoms with Crippen LogP contribution in [0.1, 0.15) is 73.6 Å². The quantitative estimate of drug-likeness (QED) is 0.354. The minimum absolute atomic E-state index is 0.0326. The van der Waals surface area contributed by atoms with Gasteiger partial charge in [-0.25, -0.2) is 0 Å². The van der Waals surface area contributed by atoms with Crippen molar-refractivity contribution >= 4 is 11.8 Å². The first-order valence-electron chi connectivity index (χ1n) is 12.6. The summed E-state index contributed by atoms with van der Waals surface area (Å²) in [6.45, 7) is 13.4. The highest BCUT2D eigenvalue weighted by atomic mass is 16.5. The van der Waals surface area contributed by atoms with Gasteiger partial charge in [-0.1, -0.05) is 52.0 Å². The Morgan fingerprint density at radius 1 is 1.03 bits per heavy atom. The van der Waals surface area contributed by atoms with E-state index in [1.807, 2.05) is 6.92 Å². The first kappa shape index (κ1) is 23.4. The molecule has 4 nitrogen and oxygen atoms in total. The van der Waals surface area contributed by atoms with Crippen molar-refractivity contribution in [1.82, 2.24) is 0 Å². The molecule has 34 heavy (non-hydrogen) atoms. The summed E-state index contributed by atoms with van der Waals surface area (Å²) in [6, 6.07) is 0. The smallest absolute Gasteiger partial charge is 0.311 e. The molecule has 2 fully saturated rings. The van der Waals surface area contributed by atoms with Crippen LogP contribution in [-0.4, -0.2) is 24.0 Å². The molecule has 1 N–H and O–H groups in total. The van der Waals surface area contributed by atoms with E-state index in [1.54, 1.807) is 6.08 Å². The molecular weight excluding hydrogens is 424 g/mol. The highest BCUT2D eigenvalue weighted by molar-refractivity contribution is 6.06. The molecule has 0 spiro atoms. The molecule has 0 aromatic rings. The van der Waals surface area contributed by atoms with E-state index >= 15 is 0 Å². The third-order valence-electron chi connectivity index (χ3n) is 11.0. The van der Waals surface area contributed by atoms with Gasteiger partial charge in [0, 0.05) is 16.4 Å². The summed E-state index contributed by atoms with van der Waals surface area (Å²) < 4.78 is 5.25. The zero-order valence-corrected chi connectivity index (χ0v) is 21.7. The second-order valence-electron chi connectivity index (χ2n) is 12.7. The highest BCUT2D eigenvalue weighted by Crippen LogP contribution is 2.73. The Kier molecular flexibility index (Phi) is 4.72. The van der Waals surface area contributed by atoms with Gasteiger partial charge in [0.15, 0.2) is 5.76 Å². The fourth-order valence-electron chi connectivity index (χ4n) is 8.31. The zero-order valence-electron chi connectivity index (χ0n) is 21.7. The van der Waals surface area contributed by atoms with Gasteiger partial charge in [0.1, 0.15) is 0 Å². The normalized spacial score (nSPS) is 45.2. The number of fused-ring (bicyclic) bond motifs is 7. The third-order valence-corrected chi connectivity index (χ3v) is 11.0. The topological polar surface area (TPSA) is 63.6 Å². The average Bonchev–Trinajstić information content (AvgIpc) is 2.80. The molecule has 0 unspecified atom stereocenters. The monoisotopic (exact) mass is 462 g/mol. The minimum Gasteiger partial charge on any atom is -0.504 e. The van der Waals surface area contributed by atoms with Gasteiger partial charge in [-0.15, -0.1) is 0 Å². The van der Waals surface area contributed by atoms with Crippen LogP contribution in [0.3, 0.4) is 0 Å². The number of ether oxygens (including phenoxy) is 1. The number of aliphatic hydroxyl groups is 1. The van der Waals surface area contributed by atoms with E-state index in [0.717, 1.165) is 43.3 Å². The van der Waals surface area contributed by atoms with Gasteiger partial charge in [0.25, 0.3) is 0 Å². The van der Waals surface area contributed by atoms with Crippen molar-refractivity contribution in [2.45, 2.75) is 73.6 Å². The van der Waals surface area contributed by atoms with E-state index in [4.69, 9.17) is 4.74 Å². The van der Waals surface area contributed by atoms with Crippen molar-refractivity contribution < 1.29 is 19.4 Å². The number of esters is 1. The van der Waals surface area contributed by atoms with Crippen LogP contribution >= 0.6 is 0 Å². The molecule has 0 bridgehead atoms. The molecule has 0 saturated heterocycles. The molecule has 0 aromatic heterocycles. The van der Waals surface area contributed by atoms with Crippen LogP contribution in [0.15, 0.2) is 58.4 Å².